The molecule has 12 heavy (non-hydrogen) atoms. The molecule has 62 valence electrons. The fraction of sp³-hybridized carbons (Fsp3) is 0.111. The second-order valence-electron chi connectivity index (χ2n) is 2.69. The lowest BCUT2D eigenvalue weighted by Crippen LogP contribution is -1.74. The van der Waals surface area contributed by atoms with Gasteiger partial charge in [-0.2, -0.15) is 0 Å². The number of aryl methyl sites for hydroxylation is 1. The van der Waals surface area contributed by atoms with Crippen molar-refractivity contribution in [3.05, 3.63) is 29.0 Å². The van der Waals surface area contributed by atoms with Gasteiger partial charge in [-0.3, -0.25) is 0 Å². The predicted octanol–water partition coefficient (Wildman–Crippen LogP) is 3.10. The van der Waals surface area contributed by atoms with Gasteiger partial charge in [-0.1, -0.05) is 17.7 Å². The van der Waals surface area contributed by atoms with Crippen molar-refractivity contribution in [2.45, 2.75) is 6.92 Å². The summed E-state index contributed by atoms with van der Waals surface area (Å²) in [5.74, 6) is 0.144. The van der Waals surface area contributed by atoms with E-state index >= 15 is 0 Å². The Balaban J connectivity index is 2.98. The summed E-state index contributed by atoms with van der Waals surface area (Å²) in [7, 11) is 0. The first-order valence-electron chi connectivity index (χ1n) is 3.55. The van der Waals surface area contributed by atoms with Crippen molar-refractivity contribution < 1.29 is 9.52 Å². The lowest BCUT2D eigenvalue weighted by Gasteiger charge is -1.96. The molecule has 3 heteroatoms. The number of furan rings is 1. The average Bonchev–Trinajstić information content (AvgIpc) is 2.42. The molecule has 0 saturated carbocycles. The van der Waals surface area contributed by atoms with E-state index < -0.39 is 0 Å². The highest BCUT2D eigenvalue weighted by atomic mass is 35.5. The van der Waals surface area contributed by atoms with Gasteiger partial charge in [-0.05, 0) is 18.6 Å². The number of rotatable bonds is 0. The van der Waals surface area contributed by atoms with Crippen molar-refractivity contribution in [3.63, 3.8) is 0 Å². The highest BCUT2D eigenvalue weighted by molar-refractivity contribution is 6.35. The second-order valence-corrected chi connectivity index (χ2v) is 3.10. The summed E-state index contributed by atoms with van der Waals surface area (Å²) in [6.45, 7) is 1.90. The van der Waals surface area contributed by atoms with E-state index in [2.05, 4.69) is 0 Å². The van der Waals surface area contributed by atoms with Crippen LogP contribution in [0.3, 0.4) is 0 Å². The summed E-state index contributed by atoms with van der Waals surface area (Å²) < 4.78 is 5.08. The zero-order valence-electron chi connectivity index (χ0n) is 6.47. The summed E-state index contributed by atoms with van der Waals surface area (Å²) in [6, 6.07) is 3.60. The van der Waals surface area contributed by atoms with Gasteiger partial charge >= 0.3 is 0 Å². The lowest BCUT2D eigenvalue weighted by atomic mass is 10.1. The first kappa shape index (κ1) is 7.50. The van der Waals surface area contributed by atoms with Crippen molar-refractivity contribution >= 4 is 22.6 Å². The summed E-state index contributed by atoms with van der Waals surface area (Å²) >= 11 is 5.84. The van der Waals surface area contributed by atoms with Crippen LogP contribution in [0.25, 0.3) is 11.0 Å². The minimum absolute atomic E-state index is 0.144. The van der Waals surface area contributed by atoms with Crippen LogP contribution in [0.4, 0.5) is 0 Å². The molecule has 2 rings (SSSR count). The largest absolute Gasteiger partial charge is 0.504 e. The van der Waals surface area contributed by atoms with Gasteiger partial charge in [0.05, 0.1) is 10.4 Å². The van der Waals surface area contributed by atoms with Gasteiger partial charge in [0.15, 0.2) is 11.3 Å². The van der Waals surface area contributed by atoms with Crippen LogP contribution in [0, 0.1) is 6.92 Å². The molecular formula is C9H7ClO2. The van der Waals surface area contributed by atoms with Crippen LogP contribution in [-0.4, -0.2) is 5.11 Å². The van der Waals surface area contributed by atoms with Crippen LogP contribution in [0.1, 0.15) is 5.56 Å². The Labute approximate surface area is 74.4 Å². The van der Waals surface area contributed by atoms with Crippen LogP contribution < -0.4 is 0 Å². The molecule has 0 atom stereocenters. The summed E-state index contributed by atoms with van der Waals surface area (Å²) in [5, 5.41) is 10.6. The predicted molar refractivity (Wildman–Crippen MR) is 47.6 cm³/mol. The third-order valence-electron chi connectivity index (χ3n) is 1.86. The number of hydrogen-bond donors (Lipinski definition) is 1. The van der Waals surface area contributed by atoms with Crippen molar-refractivity contribution in [1.29, 1.82) is 0 Å². The van der Waals surface area contributed by atoms with Crippen molar-refractivity contribution in [1.82, 2.24) is 0 Å². The summed E-state index contributed by atoms with van der Waals surface area (Å²) in [5.41, 5.74) is 1.51. The monoisotopic (exact) mass is 182 g/mol. The molecule has 0 fully saturated rings. The van der Waals surface area contributed by atoms with Gasteiger partial charge in [0.1, 0.15) is 6.26 Å². The van der Waals surface area contributed by atoms with Gasteiger partial charge in [0.25, 0.3) is 0 Å². The molecule has 0 radical (unpaired) electrons. The zero-order chi connectivity index (χ0) is 8.72. The SMILES string of the molecule is Cc1ccc(Cl)c2occ(O)c12. The molecule has 0 unspecified atom stereocenters. The molecule has 1 heterocycles. The normalized spacial score (nSPS) is 10.8. The van der Waals surface area contributed by atoms with Gasteiger partial charge in [0.2, 0.25) is 0 Å². The minimum atomic E-state index is 0.144. The molecule has 0 bridgehead atoms. The van der Waals surface area contributed by atoms with Crippen LogP contribution >= 0.6 is 11.6 Å². The van der Waals surface area contributed by atoms with Crippen molar-refractivity contribution in [2.24, 2.45) is 0 Å². The molecule has 0 spiro atoms. The fourth-order valence-electron chi connectivity index (χ4n) is 1.26. The minimum Gasteiger partial charge on any atom is -0.504 e. The number of aromatic hydroxyl groups is 1. The first-order valence-corrected chi connectivity index (χ1v) is 3.93. The smallest absolute Gasteiger partial charge is 0.162 e. The van der Waals surface area contributed by atoms with Crippen LogP contribution in [-0.2, 0) is 0 Å². The maximum Gasteiger partial charge on any atom is 0.162 e. The average molecular weight is 183 g/mol. The molecule has 0 saturated heterocycles. The van der Waals surface area contributed by atoms with Crippen LogP contribution in [0.2, 0.25) is 5.02 Å². The van der Waals surface area contributed by atoms with E-state index in [1.165, 1.54) is 6.26 Å². The third-order valence-corrected chi connectivity index (χ3v) is 2.16. The Hall–Kier alpha value is -1.15. The molecular weight excluding hydrogens is 176 g/mol. The zero-order valence-corrected chi connectivity index (χ0v) is 7.22. The molecule has 2 aromatic rings. The molecule has 1 aromatic carbocycles. The van der Waals surface area contributed by atoms with E-state index in [1.54, 1.807) is 6.07 Å². The molecule has 0 aliphatic rings. The molecule has 0 aliphatic carbocycles. The quantitative estimate of drug-likeness (QED) is 0.679. The Morgan fingerprint density at radius 3 is 2.83 bits per heavy atom. The Morgan fingerprint density at radius 2 is 2.17 bits per heavy atom. The van der Waals surface area contributed by atoms with Crippen LogP contribution in [0.5, 0.6) is 5.75 Å². The standard InChI is InChI=1S/C9H7ClO2/c1-5-2-3-6(10)9-8(5)7(11)4-12-9/h2-4,11H,1H3. The summed E-state index contributed by atoms with van der Waals surface area (Å²) in [6.07, 6.45) is 1.30. The Kier molecular flexibility index (Phi) is 1.51. The van der Waals surface area contributed by atoms with E-state index in [-0.39, 0.29) is 5.75 Å². The molecule has 0 aliphatic heterocycles. The number of benzene rings is 1. The van der Waals surface area contributed by atoms with E-state index in [4.69, 9.17) is 16.0 Å². The lowest BCUT2D eigenvalue weighted by molar-refractivity contribution is 0.464. The van der Waals surface area contributed by atoms with E-state index in [0.29, 0.717) is 16.0 Å². The second kappa shape index (κ2) is 2.42. The highest BCUT2D eigenvalue weighted by Gasteiger charge is 2.09. The summed E-state index contributed by atoms with van der Waals surface area (Å²) in [4.78, 5) is 0. The van der Waals surface area contributed by atoms with E-state index in [1.807, 2.05) is 13.0 Å². The molecule has 0 amide bonds. The number of fused-ring (bicyclic) bond motifs is 1. The van der Waals surface area contributed by atoms with E-state index in [9.17, 15) is 5.11 Å². The molecule has 1 N–H and O–H groups in total. The van der Waals surface area contributed by atoms with Gasteiger partial charge < -0.3 is 9.52 Å². The van der Waals surface area contributed by atoms with E-state index in [0.717, 1.165) is 5.56 Å². The number of hydrogen-bond acceptors (Lipinski definition) is 2. The number of halogens is 1. The van der Waals surface area contributed by atoms with Crippen LogP contribution in [0.15, 0.2) is 22.8 Å². The van der Waals surface area contributed by atoms with Gasteiger partial charge in [0, 0.05) is 0 Å². The Morgan fingerprint density at radius 1 is 1.42 bits per heavy atom. The van der Waals surface area contributed by atoms with Gasteiger partial charge in [-0.25, -0.2) is 0 Å². The fourth-order valence-corrected chi connectivity index (χ4v) is 1.46. The highest BCUT2D eigenvalue weighted by Crippen LogP contribution is 2.34. The maximum absolute atomic E-state index is 9.36. The van der Waals surface area contributed by atoms with Crippen molar-refractivity contribution in [2.75, 3.05) is 0 Å². The molecule has 2 nitrogen and oxygen atoms in total. The van der Waals surface area contributed by atoms with Gasteiger partial charge in [-0.15, -0.1) is 0 Å². The Bertz CT molecular complexity index is 431. The topological polar surface area (TPSA) is 33.4 Å². The third kappa shape index (κ3) is 0.883. The first-order chi connectivity index (χ1) is 5.70. The molecule has 1 aromatic heterocycles. The van der Waals surface area contributed by atoms with Crippen molar-refractivity contribution in [3.8, 4) is 5.75 Å². The maximum atomic E-state index is 9.36.